The van der Waals surface area contributed by atoms with E-state index in [4.69, 9.17) is 11.6 Å². The number of fused-ring (bicyclic) bond motifs is 1. The molecule has 1 N–H and O–H groups in total. The van der Waals surface area contributed by atoms with Crippen molar-refractivity contribution >= 4 is 50.0 Å². The molecule has 4 rings (SSSR count). The Kier molecular flexibility index (Phi) is 5.56. The van der Waals surface area contributed by atoms with Gasteiger partial charge in [0.15, 0.2) is 10.8 Å². The minimum absolute atomic E-state index is 0.124. The molecule has 1 saturated heterocycles. The average Bonchev–Trinajstić information content (AvgIpc) is 3.12. The van der Waals surface area contributed by atoms with Gasteiger partial charge in [-0.05, 0) is 43.4 Å². The second kappa shape index (κ2) is 8.12. The van der Waals surface area contributed by atoms with E-state index in [1.54, 1.807) is 12.1 Å². The largest absolute Gasteiger partial charge is 0.348 e. The van der Waals surface area contributed by atoms with Gasteiger partial charge in [-0.3, -0.25) is 14.2 Å². The lowest BCUT2D eigenvalue weighted by atomic mass is 10.0. The lowest BCUT2D eigenvalue weighted by Gasteiger charge is -2.30. The summed E-state index contributed by atoms with van der Waals surface area (Å²) in [5, 5.41) is 4.17. The zero-order valence-electron chi connectivity index (χ0n) is 16.3. The Morgan fingerprint density at radius 2 is 2.24 bits per heavy atom. The number of thiazole rings is 1. The van der Waals surface area contributed by atoms with Crippen molar-refractivity contribution in [2.24, 2.45) is 5.92 Å². The standard InChI is InChI=1S/C20H22ClN5O2S/c1-12-4-3-7-25(9-12)20-24-18-17(29-20)19(28)26(11-22-18)10-16(27)23-14-6-5-13(2)15(21)8-14/h5-6,8,11-12H,3-4,7,9-10H2,1-2H3,(H,23,27)/t12-/m1/s1. The van der Waals surface area contributed by atoms with Crippen LogP contribution in [0.3, 0.4) is 0 Å². The molecule has 9 heteroatoms. The summed E-state index contributed by atoms with van der Waals surface area (Å²) in [5.41, 5.74) is 1.71. The van der Waals surface area contributed by atoms with Gasteiger partial charge in [-0.25, -0.2) is 4.98 Å². The zero-order chi connectivity index (χ0) is 20.5. The van der Waals surface area contributed by atoms with Crippen LogP contribution in [0.25, 0.3) is 10.3 Å². The molecule has 0 bridgehead atoms. The van der Waals surface area contributed by atoms with Crippen LogP contribution in [-0.2, 0) is 11.3 Å². The molecule has 0 saturated carbocycles. The number of carbonyl (C=O) groups excluding carboxylic acids is 1. The van der Waals surface area contributed by atoms with Gasteiger partial charge in [0.25, 0.3) is 5.56 Å². The van der Waals surface area contributed by atoms with E-state index in [-0.39, 0.29) is 18.0 Å². The maximum atomic E-state index is 12.8. The highest BCUT2D eigenvalue weighted by Crippen LogP contribution is 2.29. The summed E-state index contributed by atoms with van der Waals surface area (Å²) >= 11 is 7.45. The van der Waals surface area contributed by atoms with Crippen LogP contribution in [0.5, 0.6) is 0 Å². The summed E-state index contributed by atoms with van der Waals surface area (Å²) in [7, 11) is 0. The van der Waals surface area contributed by atoms with Crippen LogP contribution in [0, 0.1) is 12.8 Å². The van der Waals surface area contributed by atoms with E-state index in [0.29, 0.717) is 27.0 Å². The molecule has 2 aromatic heterocycles. The summed E-state index contributed by atoms with van der Waals surface area (Å²) < 4.78 is 1.79. The molecule has 29 heavy (non-hydrogen) atoms. The molecule has 1 fully saturated rings. The number of benzene rings is 1. The summed E-state index contributed by atoms with van der Waals surface area (Å²) in [4.78, 5) is 36.3. The van der Waals surface area contributed by atoms with E-state index in [1.807, 2.05) is 13.0 Å². The van der Waals surface area contributed by atoms with E-state index in [9.17, 15) is 9.59 Å². The van der Waals surface area contributed by atoms with Gasteiger partial charge < -0.3 is 10.2 Å². The van der Waals surface area contributed by atoms with Crippen molar-refractivity contribution in [1.29, 1.82) is 0 Å². The van der Waals surface area contributed by atoms with Crippen LogP contribution >= 0.6 is 22.9 Å². The zero-order valence-corrected chi connectivity index (χ0v) is 17.9. The molecule has 1 aliphatic rings. The predicted octanol–water partition coefficient (Wildman–Crippen LogP) is 3.69. The molecule has 3 aromatic rings. The molecule has 0 unspecified atom stereocenters. The Bertz CT molecular complexity index is 1130. The number of nitrogens with one attached hydrogen (secondary N) is 1. The van der Waals surface area contributed by atoms with Crippen LogP contribution < -0.4 is 15.8 Å². The maximum Gasteiger partial charge on any atom is 0.273 e. The maximum absolute atomic E-state index is 12.8. The highest BCUT2D eigenvalue weighted by Gasteiger charge is 2.21. The molecule has 0 aliphatic carbocycles. The molecule has 1 amide bonds. The van der Waals surface area contributed by atoms with Gasteiger partial charge in [0.2, 0.25) is 5.91 Å². The van der Waals surface area contributed by atoms with Crippen LogP contribution in [0.2, 0.25) is 5.02 Å². The molecular formula is C20H22ClN5O2S. The van der Waals surface area contributed by atoms with Gasteiger partial charge in [0.05, 0.1) is 0 Å². The molecule has 1 aliphatic heterocycles. The number of amides is 1. The van der Waals surface area contributed by atoms with Crippen molar-refractivity contribution in [3.8, 4) is 0 Å². The number of anilines is 2. The van der Waals surface area contributed by atoms with E-state index in [2.05, 4.69) is 27.1 Å². The number of carbonyl (C=O) groups is 1. The lowest BCUT2D eigenvalue weighted by molar-refractivity contribution is -0.116. The highest BCUT2D eigenvalue weighted by molar-refractivity contribution is 7.22. The molecule has 0 spiro atoms. The van der Waals surface area contributed by atoms with Crippen molar-refractivity contribution in [3.63, 3.8) is 0 Å². The van der Waals surface area contributed by atoms with E-state index >= 15 is 0 Å². The van der Waals surface area contributed by atoms with Gasteiger partial charge in [0.1, 0.15) is 17.6 Å². The quantitative estimate of drug-likeness (QED) is 0.681. The van der Waals surface area contributed by atoms with Gasteiger partial charge in [0, 0.05) is 23.8 Å². The Morgan fingerprint density at radius 1 is 1.41 bits per heavy atom. The van der Waals surface area contributed by atoms with Gasteiger partial charge >= 0.3 is 0 Å². The third-order valence-electron chi connectivity index (χ3n) is 5.07. The summed E-state index contributed by atoms with van der Waals surface area (Å²) in [6, 6.07) is 5.30. The van der Waals surface area contributed by atoms with Crippen molar-refractivity contribution in [2.45, 2.75) is 33.2 Å². The minimum atomic E-state index is -0.317. The number of rotatable bonds is 4. The third-order valence-corrected chi connectivity index (χ3v) is 6.57. The topological polar surface area (TPSA) is 80.1 Å². The van der Waals surface area contributed by atoms with Crippen LogP contribution in [0.15, 0.2) is 29.3 Å². The molecule has 0 radical (unpaired) electrons. The Morgan fingerprint density at radius 3 is 3.00 bits per heavy atom. The first-order chi connectivity index (χ1) is 13.9. The molecule has 3 heterocycles. The van der Waals surface area contributed by atoms with Crippen molar-refractivity contribution < 1.29 is 4.79 Å². The minimum Gasteiger partial charge on any atom is -0.348 e. The second-order valence-corrected chi connectivity index (χ2v) is 8.92. The normalized spacial score (nSPS) is 16.9. The fraction of sp³-hybridized carbons (Fsp3) is 0.400. The SMILES string of the molecule is Cc1ccc(NC(=O)Cn2cnc3nc(N4CCC[C@@H](C)C4)sc3c2=O)cc1Cl. The fourth-order valence-corrected chi connectivity index (χ4v) is 4.66. The van der Waals surface area contributed by atoms with Crippen molar-refractivity contribution in [1.82, 2.24) is 14.5 Å². The van der Waals surface area contributed by atoms with Gasteiger partial charge in [-0.1, -0.05) is 35.9 Å². The Labute approximate surface area is 177 Å². The smallest absolute Gasteiger partial charge is 0.273 e. The highest BCUT2D eigenvalue weighted by atomic mass is 35.5. The monoisotopic (exact) mass is 431 g/mol. The number of hydrogen-bond acceptors (Lipinski definition) is 6. The first kappa shape index (κ1) is 19.8. The number of nitrogens with zero attached hydrogens (tertiary/aromatic N) is 4. The summed E-state index contributed by atoms with van der Waals surface area (Å²) in [5.74, 6) is 0.294. The molecule has 1 aromatic carbocycles. The molecule has 1 atom stereocenters. The third kappa shape index (κ3) is 4.28. The number of piperidine rings is 1. The van der Waals surface area contributed by atoms with Gasteiger partial charge in [-0.15, -0.1) is 0 Å². The average molecular weight is 432 g/mol. The molecular weight excluding hydrogens is 410 g/mol. The number of halogens is 1. The number of aromatic nitrogens is 3. The number of hydrogen-bond donors (Lipinski definition) is 1. The first-order valence-corrected chi connectivity index (χ1v) is 10.8. The number of aryl methyl sites for hydroxylation is 1. The van der Waals surface area contributed by atoms with Crippen LogP contribution in [0.1, 0.15) is 25.3 Å². The van der Waals surface area contributed by atoms with Crippen molar-refractivity contribution in [2.75, 3.05) is 23.3 Å². The Balaban J connectivity index is 1.53. The first-order valence-electron chi connectivity index (χ1n) is 9.57. The second-order valence-electron chi connectivity index (χ2n) is 7.53. The molecule has 7 nitrogen and oxygen atoms in total. The van der Waals surface area contributed by atoms with E-state index in [0.717, 1.165) is 30.2 Å². The summed E-state index contributed by atoms with van der Waals surface area (Å²) in [6.07, 6.45) is 3.72. The van der Waals surface area contributed by atoms with Crippen LogP contribution in [0.4, 0.5) is 10.8 Å². The lowest BCUT2D eigenvalue weighted by Crippen LogP contribution is -2.34. The predicted molar refractivity (Wildman–Crippen MR) is 117 cm³/mol. The van der Waals surface area contributed by atoms with Crippen molar-refractivity contribution in [3.05, 3.63) is 45.5 Å². The summed E-state index contributed by atoms with van der Waals surface area (Å²) in [6.45, 7) is 5.88. The van der Waals surface area contributed by atoms with Crippen LogP contribution in [-0.4, -0.2) is 33.5 Å². The van der Waals surface area contributed by atoms with E-state index in [1.165, 1.54) is 28.7 Å². The van der Waals surface area contributed by atoms with E-state index < -0.39 is 0 Å². The Hall–Kier alpha value is -2.45. The van der Waals surface area contributed by atoms with Gasteiger partial charge in [-0.2, -0.15) is 4.98 Å². The molecule has 152 valence electrons. The fourth-order valence-electron chi connectivity index (χ4n) is 3.47.